The van der Waals surface area contributed by atoms with Crippen molar-refractivity contribution in [3.63, 3.8) is 0 Å². The van der Waals surface area contributed by atoms with Crippen LogP contribution in [-0.2, 0) is 16.4 Å². The van der Waals surface area contributed by atoms with Crippen molar-refractivity contribution >= 4 is 9.84 Å². The van der Waals surface area contributed by atoms with Gasteiger partial charge in [0.1, 0.15) is 5.82 Å². The summed E-state index contributed by atoms with van der Waals surface area (Å²) in [6.07, 6.45) is 4.12. The van der Waals surface area contributed by atoms with Gasteiger partial charge in [0.15, 0.2) is 0 Å². The van der Waals surface area contributed by atoms with Crippen molar-refractivity contribution in [1.29, 1.82) is 0 Å². The molecule has 0 aliphatic carbocycles. The number of rotatable bonds is 3. The van der Waals surface area contributed by atoms with E-state index in [2.05, 4.69) is 4.98 Å². The normalized spacial score (nSPS) is 11.6. The van der Waals surface area contributed by atoms with Crippen LogP contribution in [0, 0.1) is 5.82 Å². The monoisotopic (exact) mass is 254 g/mol. The first-order valence-electron chi connectivity index (χ1n) is 4.92. The Labute approximate surface area is 98.6 Å². The largest absolute Gasteiger partial charge is 0.318 e. The van der Waals surface area contributed by atoms with Gasteiger partial charge in [-0.2, -0.15) is 0 Å². The molecule has 2 rings (SSSR count). The van der Waals surface area contributed by atoms with Gasteiger partial charge in [0, 0.05) is 25.2 Å². The SMILES string of the molecule is CS(=O)(=O)c1nccn1Cc1ccc(F)cc1. The zero-order chi connectivity index (χ0) is 12.5. The molecule has 0 bridgehead atoms. The summed E-state index contributed by atoms with van der Waals surface area (Å²) < 4.78 is 37.1. The van der Waals surface area contributed by atoms with Gasteiger partial charge in [0.25, 0.3) is 0 Å². The first-order valence-corrected chi connectivity index (χ1v) is 6.81. The number of halogens is 1. The first kappa shape index (κ1) is 11.8. The molecular weight excluding hydrogens is 243 g/mol. The summed E-state index contributed by atoms with van der Waals surface area (Å²) in [7, 11) is -3.34. The standard InChI is InChI=1S/C11H11FN2O2S/c1-17(15,16)11-13-6-7-14(11)8-9-2-4-10(12)5-3-9/h2-7H,8H2,1H3. The Kier molecular flexibility index (Phi) is 2.97. The number of hydrogen-bond acceptors (Lipinski definition) is 3. The molecule has 17 heavy (non-hydrogen) atoms. The van der Waals surface area contributed by atoms with Crippen LogP contribution in [0.15, 0.2) is 41.8 Å². The topological polar surface area (TPSA) is 52.0 Å². The second-order valence-electron chi connectivity index (χ2n) is 3.74. The summed E-state index contributed by atoms with van der Waals surface area (Å²) in [6, 6.07) is 5.90. The Morgan fingerprint density at radius 2 is 1.94 bits per heavy atom. The van der Waals surface area contributed by atoms with E-state index in [9.17, 15) is 12.8 Å². The smallest absolute Gasteiger partial charge is 0.227 e. The lowest BCUT2D eigenvalue weighted by atomic mass is 10.2. The van der Waals surface area contributed by atoms with Crippen LogP contribution in [-0.4, -0.2) is 24.2 Å². The minimum absolute atomic E-state index is 0.0156. The first-order chi connectivity index (χ1) is 7.97. The van der Waals surface area contributed by atoms with Gasteiger partial charge in [0.2, 0.25) is 15.0 Å². The van der Waals surface area contributed by atoms with Crippen LogP contribution >= 0.6 is 0 Å². The van der Waals surface area contributed by atoms with Crippen LogP contribution in [0.4, 0.5) is 4.39 Å². The highest BCUT2D eigenvalue weighted by molar-refractivity contribution is 7.90. The third-order valence-corrected chi connectivity index (χ3v) is 3.28. The maximum absolute atomic E-state index is 12.7. The maximum Gasteiger partial charge on any atom is 0.227 e. The van der Waals surface area contributed by atoms with Gasteiger partial charge < -0.3 is 4.57 Å². The molecule has 0 atom stereocenters. The van der Waals surface area contributed by atoms with E-state index < -0.39 is 9.84 Å². The van der Waals surface area contributed by atoms with E-state index in [1.807, 2.05) is 0 Å². The fourth-order valence-corrected chi connectivity index (χ4v) is 2.33. The van der Waals surface area contributed by atoms with Gasteiger partial charge in [-0.05, 0) is 17.7 Å². The van der Waals surface area contributed by atoms with Crippen LogP contribution in [0.25, 0.3) is 0 Å². The van der Waals surface area contributed by atoms with E-state index >= 15 is 0 Å². The predicted molar refractivity (Wildman–Crippen MR) is 60.8 cm³/mol. The third-order valence-electron chi connectivity index (χ3n) is 2.28. The Balaban J connectivity index is 2.31. The van der Waals surface area contributed by atoms with Crippen molar-refractivity contribution in [2.45, 2.75) is 11.7 Å². The van der Waals surface area contributed by atoms with Crippen LogP contribution in [0.1, 0.15) is 5.56 Å². The van der Waals surface area contributed by atoms with Gasteiger partial charge in [-0.1, -0.05) is 12.1 Å². The van der Waals surface area contributed by atoms with Crippen LogP contribution in [0.3, 0.4) is 0 Å². The zero-order valence-electron chi connectivity index (χ0n) is 9.17. The van der Waals surface area contributed by atoms with Crippen molar-refractivity contribution in [3.8, 4) is 0 Å². The van der Waals surface area contributed by atoms with Crippen LogP contribution in [0.2, 0.25) is 0 Å². The lowest BCUT2D eigenvalue weighted by Gasteiger charge is -2.06. The molecule has 0 unspecified atom stereocenters. The summed E-state index contributed by atoms with van der Waals surface area (Å²) in [5.41, 5.74) is 0.814. The summed E-state index contributed by atoms with van der Waals surface area (Å²) in [5.74, 6) is -0.317. The van der Waals surface area contributed by atoms with Gasteiger partial charge in [-0.25, -0.2) is 17.8 Å². The minimum Gasteiger partial charge on any atom is -0.318 e. The molecule has 1 aromatic carbocycles. The fourth-order valence-electron chi connectivity index (χ4n) is 1.53. The number of nitrogens with zero attached hydrogens (tertiary/aromatic N) is 2. The lowest BCUT2D eigenvalue weighted by Crippen LogP contribution is -2.09. The molecule has 4 nitrogen and oxygen atoms in total. The number of hydrogen-bond donors (Lipinski definition) is 0. The maximum atomic E-state index is 12.7. The average molecular weight is 254 g/mol. The highest BCUT2D eigenvalue weighted by Crippen LogP contribution is 2.10. The van der Waals surface area contributed by atoms with Crippen molar-refractivity contribution < 1.29 is 12.8 Å². The Hall–Kier alpha value is -1.69. The fraction of sp³-hybridized carbons (Fsp3) is 0.182. The molecule has 1 heterocycles. The summed E-state index contributed by atoms with van der Waals surface area (Å²) >= 11 is 0. The van der Waals surface area contributed by atoms with Crippen molar-refractivity contribution in [3.05, 3.63) is 48.0 Å². The van der Waals surface area contributed by atoms with Crippen molar-refractivity contribution in [2.75, 3.05) is 6.26 Å². The molecule has 0 saturated carbocycles. The average Bonchev–Trinajstić information content (AvgIpc) is 2.69. The predicted octanol–water partition coefficient (Wildman–Crippen LogP) is 1.47. The summed E-state index contributed by atoms with van der Waals surface area (Å²) in [5, 5.41) is 0.0156. The summed E-state index contributed by atoms with van der Waals surface area (Å²) in [6.45, 7) is 0.350. The van der Waals surface area contributed by atoms with Crippen molar-refractivity contribution in [2.24, 2.45) is 0 Å². The lowest BCUT2D eigenvalue weighted by molar-refractivity contribution is 0.578. The number of benzene rings is 1. The molecule has 0 saturated heterocycles. The highest BCUT2D eigenvalue weighted by atomic mass is 32.2. The van der Waals surface area contributed by atoms with Crippen molar-refractivity contribution in [1.82, 2.24) is 9.55 Å². The quantitative estimate of drug-likeness (QED) is 0.833. The number of sulfone groups is 1. The van der Waals surface area contributed by atoms with E-state index in [-0.39, 0.29) is 11.0 Å². The molecular formula is C11H11FN2O2S. The van der Waals surface area contributed by atoms with E-state index in [4.69, 9.17) is 0 Å². The van der Waals surface area contributed by atoms with Gasteiger partial charge in [0.05, 0.1) is 0 Å². The van der Waals surface area contributed by atoms with Crippen LogP contribution in [0.5, 0.6) is 0 Å². The van der Waals surface area contributed by atoms with Crippen LogP contribution < -0.4 is 0 Å². The third kappa shape index (κ3) is 2.71. The molecule has 0 amide bonds. The molecule has 0 aliphatic rings. The van der Waals surface area contributed by atoms with E-state index in [1.165, 1.54) is 22.9 Å². The molecule has 0 aliphatic heterocycles. The molecule has 0 N–H and O–H groups in total. The second kappa shape index (κ2) is 4.29. The molecule has 2 aromatic rings. The molecule has 0 radical (unpaired) electrons. The highest BCUT2D eigenvalue weighted by Gasteiger charge is 2.14. The molecule has 0 spiro atoms. The Morgan fingerprint density at radius 1 is 1.29 bits per heavy atom. The Morgan fingerprint density at radius 3 is 2.53 bits per heavy atom. The van der Waals surface area contributed by atoms with E-state index in [0.717, 1.165) is 11.8 Å². The van der Waals surface area contributed by atoms with Gasteiger partial charge in [-0.3, -0.25) is 0 Å². The number of imidazole rings is 1. The molecule has 0 fully saturated rings. The second-order valence-corrected chi connectivity index (χ2v) is 5.65. The zero-order valence-corrected chi connectivity index (χ0v) is 9.98. The van der Waals surface area contributed by atoms with Gasteiger partial charge >= 0.3 is 0 Å². The number of aromatic nitrogens is 2. The molecule has 6 heteroatoms. The van der Waals surface area contributed by atoms with Gasteiger partial charge in [-0.15, -0.1) is 0 Å². The van der Waals surface area contributed by atoms with E-state index in [1.54, 1.807) is 18.3 Å². The summed E-state index contributed by atoms with van der Waals surface area (Å²) in [4.78, 5) is 3.80. The Bertz CT molecular complexity index is 617. The van der Waals surface area contributed by atoms with E-state index in [0.29, 0.717) is 6.54 Å². The molecule has 1 aromatic heterocycles. The minimum atomic E-state index is -3.34. The molecule has 90 valence electrons.